The summed E-state index contributed by atoms with van der Waals surface area (Å²) >= 11 is 0. The Morgan fingerprint density at radius 1 is 1.23 bits per heavy atom. The van der Waals surface area contributed by atoms with Crippen molar-refractivity contribution in [3.05, 3.63) is 64.3 Å². The van der Waals surface area contributed by atoms with Crippen molar-refractivity contribution < 1.29 is 9.15 Å². The van der Waals surface area contributed by atoms with Crippen molar-refractivity contribution in [2.75, 3.05) is 7.11 Å². The van der Waals surface area contributed by atoms with Crippen LogP contribution in [0.4, 0.5) is 0 Å². The minimum absolute atomic E-state index is 0.226. The molecule has 26 heavy (non-hydrogen) atoms. The fourth-order valence-electron chi connectivity index (χ4n) is 2.83. The Hall–Kier alpha value is -3.62. The van der Waals surface area contributed by atoms with Crippen molar-refractivity contribution in [2.45, 2.75) is 13.1 Å². The number of nitrogens with one attached hydrogen (secondary N) is 1. The number of aryl methyl sites for hydroxylation is 1. The smallest absolute Gasteiger partial charge is 0.328 e. The molecule has 0 spiro atoms. The normalized spacial score (nSPS) is 11.1. The number of rotatable bonds is 5. The number of hydrogen-bond donors (Lipinski definition) is 1. The van der Waals surface area contributed by atoms with Gasteiger partial charge >= 0.3 is 5.69 Å². The predicted molar refractivity (Wildman–Crippen MR) is 93.1 cm³/mol. The van der Waals surface area contributed by atoms with E-state index in [2.05, 4.69) is 15.0 Å². The number of nitrogens with zero attached hydrogens (tertiary/aromatic N) is 4. The third-order valence-corrected chi connectivity index (χ3v) is 4.14. The van der Waals surface area contributed by atoms with Crippen LogP contribution in [0.15, 0.2) is 57.5 Å². The van der Waals surface area contributed by atoms with Crippen molar-refractivity contribution in [1.29, 1.82) is 0 Å². The van der Waals surface area contributed by atoms with Crippen molar-refractivity contribution in [2.24, 2.45) is 0 Å². The molecule has 0 fully saturated rings. The lowest BCUT2D eigenvalue weighted by Gasteiger charge is -2.10. The Balaban J connectivity index is 1.85. The number of imidazole rings is 1. The van der Waals surface area contributed by atoms with Gasteiger partial charge in [-0.1, -0.05) is 0 Å². The van der Waals surface area contributed by atoms with E-state index in [1.807, 2.05) is 0 Å². The Morgan fingerprint density at radius 3 is 2.81 bits per heavy atom. The molecular formula is C17H15N5O4. The number of methoxy groups -OCH3 is 1. The van der Waals surface area contributed by atoms with Crippen LogP contribution in [-0.2, 0) is 13.1 Å². The largest absolute Gasteiger partial charge is 0.496 e. The molecule has 0 aliphatic carbocycles. The van der Waals surface area contributed by atoms with Crippen LogP contribution in [0.5, 0.6) is 5.75 Å². The summed E-state index contributed by atoms with van der Waals surface area (Å²) < 4.78 is 13.6. The van der Waals surface area contributed by atoms with Crippen LogP contribution >= 0.6 is 0 Å². The summed E-state index contributed by atoms with van der Waals surface area (Å²) in [6.07, 6.45) is 7.88. The maximum Gasteiger partial charge on any atom is 0.328 e. The van der Waals surface area contributed by atoms with E-state index >= 15 is 0 Å². The van der Waals surface area contributed by atoms with Gasteiger partial charge in [0, 0.05) is 31.5 Å². The summed E-state index contributed by atoms with van der Waals surface area (Å²) in [5.74, 6) is 0.944. The standard InChI is InChI=1S/C17H15N5O4/c1-25-14-7-13-11(6-12(14)15-8-19-10-26-15)16(23)22(17(24)20-13)5-4-21-3-2-18-9-21/h2-3,6-10H,4-5H2,1H3,(H,20,24). The van der Waals surface area contributed by atoms with Crippen LogP contribution < -0.4 is 16.0 Å². The average molecular weight is 353 g/mol. The van der Waals surface area contributed by atoms with Crippen molar-refractivity contribution in [3.8, 4) is 17.1 Å². The maximum atomic E-state index is 12.9. The lowest BCUT2D eigenvalue weighted by molar-refractivity contribution is 0.415. The summed E-state index contributed by atoms with van der Waals surface area (Å²) in [6.45, 7) is 0.684. The molecule has 0 unspecified atom stereocenters. The average Bonchev–Trinajstić information content (AvgIpc) is 3.34. The van der Waals surface area contributed by atoms with Gasteiger partial charge < -0.3 is 18.7 Å². The van der Waals surface area contributed by atoms with Gasteiger partial charge in [-0.15, -0.1) is 0 Å². The first-order chi connectivity index (χ1) is 12.7. The summed E-state index contributed by atoms with van der Waals surface area (Å²) in [4.78, 5) is 35.8. The van der Waals surface area contributed by atoms with E-state index in [9.17, 15) is 9.59 Å². The predicted octanol–water partition coefficient (Wildman–Crippen LogP) is 1.25. The lowest BCUT2D eigenvalue weighted by atomic mass is 10.1. The molecular weight excluding hydrogens is 338 g/mol. The van der Waals surface area contributed by atoms with E-state index < -0.39 is 5.69 Å². The SMILES string of the molecule is COc1cc2[nH]c(=O)n(CCn3ccnc3)c(=O)c2cc1-c1cnco1. The summed E-state index contributed by atoms with van der Waals surface area (Å²) in [5, 5.41) is 0.363. The van der Waals surface area contributed by atoms with Crippen molar-refractivity contribution >= 4 is 10.9 Å². The second-order valence-corrected chi connectivity index (χ2v) is 5.65. The van der Waals surface area contributed by atoms with Crippen LogP contribution in [0.3, 0.4) is 0 Å². The number of hydrogen-bond acceptors (Lipinski definition) is 6. The first-order valence-corrected chi connectivity index (χ1v) is 7.87. The Bertz CT molecular complexity index is 1160. The van der Waals surface area contributed by atoms with Gasteiger partial charge in [-0.2, -0.15) is 0 Å². The number of benzene rings is 1. The van der Waals surface area contributed by atoms with Crippen molar-refractivity contribution in [3.63, 3.8) is 0 Å². The third-order valence-electron chi connectivity index (χ3n) is 4.14. The molecule has 4 rings (SSSR count). The zero-order chi connectivity index (χ0) is 18.1. The molecule has 9 heteroatoms. The highest BCUT2D eigenvalue weighted by atomic mass is 16.5. The molecule has 9 nitrogen and oxygen atoms in total. The molecule has 0 aliphatic rings. The number of H-pyrrole nitrogens is 1. The maximum absolute atomic E-state index is 12.9. The number of fused-ring (bicyclic) bond motifs is 1. The zero-order valence-corrected chi connectivity index (χ0v) is 13.9. The molecule has 4 aromatic rings. The highest BCUT2D eigenvalue weighted by molar-refractivity contribution is 5.86. The highest BCUT2D eigenvalue weighted by Gasteiger charge is 2.15. The molecule has 0 amide bonds. The number of ether oxygens (including phenoxy) is 1. The van der Waals surface area contributed by atoms with Crippen LogP contribution in [0.1, 0.15) is 0 Å². The van der Waals surface area contributed by atoms with Crippen molar-refractivity contribution in [1.82, 2.24) is 24.1 Å². The van der Waals surface area contributed by atoms with Gasteiger partial charge in [-0.05, 0) is 6.07 Å². The van der Waals surface area contributed by atoms with E-state index in [4.69, 9.17) is 9.15 Å². The summed E-state index contributed by atoms with van der Waals surface area (Å²) in [6, 6.07) is 3.25. The monoisotopic (exact) mass is 353 g/mol. The summed E-state index contributed by atoms with van der Waals surface area (Å²) in [7, 11) is 1.51. The number of oxazole rings is 1. The number of aromatic nitrogens is 5. The van der Waals surface area contributed by atoms with Gasteiger partial charge in [-0.3, -0.25) is 9.36 Å². The molecule has 0 saturated heterocycles. The Morgan fingerprint density at radius 2 is 2.12 bits per heavy atom. The quantitative estimate of drug-likeness (QED) is 0.578. The van der Waals surface area contributed by atoms with Crippen LogP contribution in [0.25, 0.3) is 22.2 Å². The molecule has 0 aliphatic heterocycles. The Kier molecular flexibility index (Phi) is 3.88. The molecule has 1 N–H and O–H groups in total. The van der Waals surface area contributed by atoms with E-state index in [-0.39, 0.29) is 12.1 Å². The highest BCUT2D eigenvalue weighted by Crippen LogP contribution is 2.32. The second-order valence-electron chi connectivity index (χ2n) is 5.65. The topological polar surface area (TPSA) is 108 Å². The van der Waals surface area contributed by atoms with Crippen LogP contribution in [-0.4, -0.2) is 31.2 Å². The molecule has 0 radical (unpaired) electrons. The fourth-order valence-corrected chi connectivity index (χ4v) is 2.83. The molecule has 0 saturated carbocycles. The van der Waals surface area contributed by atoms with Crippen LogP contribution in [0.2, 0.25) is 0 Å². The van der Waals surface area contributed by atoms with Gasteiger partial charge in [0.1, 0.15) is 5.75 Å². The fraction of sp³-hybridized carbons (Fsp3) is 0.176. The first-order valence-electron chi connectivity index (χ1n) is 7.87. The van der Waals surface area contributed by atoms with E-state index in [1.54, 1.807) is 35.4 Å². The van der Waals surface area contributed by atoms with Gasteiger partial charge in [0.25, 0.3) is 5.56 Å². The molecule has 3 heterocycles. The van der Waals surface area contributed by atoms with E-state index in [1.165, 1.54) is 24.3 Å². The minimum atomic E-state index is -0.475. The number of aromatic amines is 1. The van der Waals surface area contributed by atoms with Gasteiger partial charge in [0.05, 0.1) is 36.1 Å². The first kappa shape index (κ1) is 15.9. The lowest BCUT2D eigenvalue weighted by Crippen LogP contribution is -2.36. The Labute approximate surface area is 146 Å². The minimum Gasteiger partial charge on any atom is -0.496 e. The third kappa shape index (κ3) is 2.69. The molecule has 0 bridgehead atoms. The second kappa shape index (κ2) is 6.36. The van der Waals surface area contributed by atoms with E-state index in [0.717, 1.165) is 0 Å². The molecule has 0 atom stereocenters. The molecule has 1 aromatic carbocycles. The summed E-state index contributed by atoms with van der Waals surface area (Å²) in [5.41, 5.74) is 0.131. The van der Waals surface area contributed by atoms with Crippen LogP contribution in [0, 0.1) is 0 Å². The molecule has 132 valence electrons. The zero-order valence-electron chi connectivity index (χ0n) is 13.9. The van der Waals surface area contributed by atoms with Gasteiger partial charge in [0.15, 0.2) is 12.2 Å². The van der Waals surface area contributed by atoms with E-state index in [0.29, 0.717) is 34.5 Å². The van der Waals surface area contributed by atoms with Gasteiger partial charge in [0.2, 0.25) is 0 Å². The molecule has 3 aromatic heterocycles. The van der Waals surface area contributed by atoms with Gasteiger partial charge in [-0.25, -0.2) is 14.8 Å².